The lowest BCUT2D eigenvalue weighted by Gasteiger charge is -2.28. The molecule has 1 aromatic heterocycles. The molecule has 5 nitrogen and oxygen atoms in total. The Morgan fingerprint density at radius 1 is 0.880 bits per heavy atom. The minimum absolute atomic E-state index is 0.170. The Morgan fingerprint density at radius 3 is 2.28 bits per heavy atom. The molecule has 0 radical (unpaired) electrons. The highest BCUT2D eigenvalue weighted by Crippen LogP contribution is 2.34. The Morgan fingerprint density at radius 2 is 1.60 bits per heavy atom. The van der Waals surface area contributed by atoms with E-state index in [-0.39, 0.29) is 5.91 Å². The van der Waals surface area contributed by atoms with Crippen LogP contribution in [-0.2, 0) is 10.3 Å². The molecule has 0 bridgehead atoms. The van der Waals surface area contributed by atoms with Gasteiger partial charge in [-0.1, -0.05) is 48.5 Å². The fraction of sp³-hybridized carbons (Fsp3) is 0.100. The Kier molecular flexibility index (Phi) is 3.80. The third-order valence-electron chi connectivity index (χ3n) is 4.52. The van der Waals surface area contributed by atoms with Crippen LogP contribution in [-0.4, -0.2) is 17.2 Å². The smallest absolute Gasteiger partial charge is 0.251 e. The zero-order valence-electron chi connectivity index (χ0n) is 13.5. The number of aromatic nitrogens is 1. The van der Waals surface area contributed by atoms with Gasteiger partial charge in [0.2, 0.25) is 0 Å². The molecule has 2 atom stereocenters. The van der Waals surface area contributed by atoms with E-state index < -0.39 is 11.8 Å². The van der Waals surface area contributed by atoms with Crippen LogP contribution in [0.1, 0.15) is 11.1 Å². The normalized spacial score (nSPS) is 22.6. The lowest BCUT2D eigenvalue weighted by molar-refractivity contribution is -0.123. The second kappa shape index (κ2) is 6.12. The molecule has 0 saturated carbocycles. The number of rotatable bonds is 3. The summed E-state index contributed by atoms with van der Waals surface area (Å²) in [5.41, 5.74) is 8.71. The van der Waals surface area contributed by atoms with E-state index in [2.05, 4.69) is 15.6 Å². The molecule has 1 fully saturated rings. The summed E-state index contributed by atoms with van der Waals surface area (Å²) in [5, 5.41) is 5.99. The maximum absolute atomic E-state index is 12.9. The number of nitrogens with one attached hydrogen (secondary N) is 2. The van der Waals surface area contributed by atoms with E-state index in [0.29, 0.717) is 0 Å². The SMILES string of the molecule is NC1NC(=O)C(c2ccncc2)(c2cccc(-c3ccccc3)c2)N1. The lowest BCUT2D eigenvalue weighted by Crippen LogP contribution is -2.47. The van der Waals surface area contributed by atoms with Gasteiger partial charge in [0.1, 0.15) is 6.29 Å². The molecule has 1 aliphatic rings. The van der Waals surface area contributed by atoms with Crippen molar-refractivity contribution < 1.29 is 4.79 Å². The fourth-order valence-corrected chi connectivity index (χ4v) is 3.34. The quantitative estimate of drug-likeness (QED) is 0.686. The van der Waals surface area contributed by atoms with Crippen LogP contribution in [0.2, 0.25) is 0 Å². The maximum atomic E-state index is 12.9. The molecule has 3 aromatic rings. The molecule has 124 valence electrons. The number of carbonyl (C=O) groups is 1. The standard InChI is InChI=1S/C20H18N4O/c21-19-23-18(25)20(24-19,16-9-11-22-12-10-16)17-8-4-7-15(13-17)14-5-2-1-3-6-14/h1-13,19,24H,21H2,(H,23,25). The van der Waals surface area contributed by atoms with Crippen LogP contribution in [0.3, 0.4) is 0 Å². The molecule has 4 N–H and O–H groups in total. The molecule has 25 heavy (non-hydrogen) atoms. The molecular formula is C20H18N4O. The summed E-state index contributed by atoms with van der Waals surface area (Å²) < 4.78 is 0. The van der Waals surface area contributed by atoms with Crippen LogP contribution in [0.4, 0.5) is 0 Å². The van der Waals surface area contributed by atoms with Crippen molar-refractivity contribution in [2.24, 2.45) is 5.73 Å². The maximum Gasteiger partial charge on any atom is 0.251 e. The summed E-state index contributed by atoms with van der Waals surface area (Å²) in [4.78, 5) is 16.9. The van der Waals surface area contributed by atoms with Crippen LogP contribution in [0.15, 0.2) is 79.1 Å². The first kappa shape index (κ1) is 15.5. The van der Waals surface area contributed by atoms with Gasteiger partial charge in [0.05, 0.1) is 0 Å². The van der Waals surface area contributed by atoms with Crippen LogP contribution < -0.4 is 16.4 Å². The summed E-state index contributed by atoms with van der Waals surface area (Å²) in [6.07, 6.45) is 2.74. The monoisotopic (exact) mass is 330 g/mol. The van der Waals surface area contributed by atoms with Crippen LogP contribution in [0.5, 0.6) is 0 Å². The topological polar surface area (TPSA) is 80.0 Å². The molecule has 0 aliphatic carbocycles. The van der Waals surface area contributed by atoms with Gasteiger partial charge in [0, 0.05) is 12.4 Å². The Labute approximate surface area is 145 Å². The third-order valence-corrected chi connectivity index (χ3v) is 4.52. The van der Waals surface area contributed by atoms with Crippen LogP contribution >= 0.6 is 0 Å². The highest BCUT2D eigenvalue weighted by Gasteiger charge is 2.48. The Hall–Kier alpha value is -3.02. The number of nitrogens with zero attached hydrogens (tertiary/aromatic N) is 1. The molecule has 0 spiro atoms. The van der Waals surface area contributed by atoms with E-state index in [9.17, 15) is 4.79 Å². The second-order valence-electron chi connectivity index (χ2n) is 6.03. The van der Waals surface area contributed by atoms with Gasteiger partial charge in [0.15, 0.2) is 5.54 Å². The van der Waals surface area contributed by atoms with Crippen LogP contribution in [0.25, 0.3) is 11.1 Å². The fourth-order valence-electron chi connectivity index (χ4n) is 3.34. The van der Waals surface area contributed by atoms with Gasteiger partial charge in [0.25, 0.3) is 5.91 Å². The predicted molar refractivity (Wildman–Crippen MR) is 96.1 cm³/mol. The molecular weight excluding hydrogens is 312 g/mol. The van der Waals surface area contributed by atoms with Crippen molar-refractivity contribution in [1.82, 2.24) is 15.6 Å². The molecule has 1 amide bonds. The van der Waals surface area contributed by atoms with E-state index in [1.54, 1.807) is 12.4 Å². The van der Waals surface area contributed by atoms with Gasteiger partial charge >= 0.3 is 0 Å². The van der Waals surface area contributed by atoms with E-state index in [1.807, 2.05) is 66.7 Å². The summed E-state index contributed by atoms with van der Waals surface area (Å²) in [5.74, 6) is -0.170. The molecule has 4 rings (SSSR count). The average Bonchev–Trinajstić information content (AvgIpc) is 2.98. The largest absolute Gasteiger partial charge is 0.326 e. The molecule has 5 heteroatoms. The van der Waals surface area contributed by atoms with Gasteiger partial charge in [-0.25, -0.2) is 0 Å². The summed E-state index contributed by atoms with van der Waals surface area (Å²) in [6, 6.07) is 21.7. The van der Waals surface area contributed by atoms with Gasteiger partial charge in [-0.2, -0.15) is 0 Å². The average molecular weight is 330 g/mol. The summed E-state index contributed by atoms with van der Waals surface area (Å²) >= 11 is 0. The van der Waals surface area contributed by atoms with Crippen molar-refractivity contribution >= 4 is 5.91 Å². The molecule has 1 aliphatic heterocycles. The van der Waals surface area contributed by atoms with Crippen molar-refractivity contribution in [3.8, 4) is 11.1 Å². The van der Waals surface area contributed by atoms with Crippen molar-refractivity contribution in [2.45, 2.75) is 11.8 Å². The second-order valence-corrected chi connectivity index (χ2v) is 6.03. The molecule has 2 aromatic carbocycles. The zero-order valence-corrected chi connectivity index (χ0v) is 13.5. The highest BCUT2D eigenvalue weighted by atomic mass is 16.2. The molecule has 1 saturated heterocycles. The first-order chi connectivity index (χ1) is 12.2. The molecule has 2 unspecified atom stereocenters. The minimum atomic E-state index is -1.03. The zero-order chi connectivity index (χ0) is 17.3. The number of hydrogen-bond acceptors (Lipinski definition) is 4. The number of amides is 1. The first-order valence-corrected chi connectivity index (χ1v) is 8.11. The number of nitrogens with two attached hydrogens (primary N) is 1. The van der Waals surface area contributed by atoms with E-state index in [4.69, 9.17) is 5.73 Å². The number of pyridine rings is 1. The summed E-state index contributed by atoms with van der Waals surface area (Å²) in [6.45, 7) is 0. The number of carbonyl (C=O) groups excluding carboxylic acids is 1. The summed E-state index contributed by atoms with van der Waals surface area (Å²) in [7, 11) is 0. The predicted octanol–water partition coefficient (Wildman–Crippen LogP) is 1.95. The van der Waals surface area contributed by atoms with E-state index in [0.717, 1.165) is 22.3 Å². The minimum Gasteiger partial charge on any atom is -0.326 e. The lowest BCUT2D eigenvalue weighted by atomic mass is 9.82. The first-order valence-electron chi connectivity index (χ1n) is 8.11. The van der Waals surface area contributed by atoms with Crippen molar-refractivity contribution in [3.63, 3.8) is 0 Å². The number of benzene rings is 2. The van der Waals surface area contributed by atoms with E-state index >= 15 is 0 Å². The van der Waals surface area contributed by atoms with Gasteiger partial charge in [-0.3, -0.25) is 20.8 Å². The highest BCUT2D eigenvalue weighted by molar-refractivity contribution is 5.94. The third kappa shape index (κ3) is 2.59. The molecule has 2 heterocycles. The van der Waals surface area contributed by atoms with E-state index in [1.165, 1.54) is 0 Å². The van der Waals surface area contributed by atoms with Gasteiger partial charge in [-0.15, -0.1) is 0 Å². The Balaban J connectivity index is 1.89. The van der Waals surface area contributed by atoms with Crippen molar-refractivity contribution in [1.29, 1.82) is 0 Å². The Bertz CT molecular complexity index is 898. The van der Waals surface area contributed by atoms with Gasteiger partial charge < -0.3 is 5.32 Å². The van der Waals surface area contributed by atoms with Gasteiger partial charge in [-0.05, 0) is 40.5 Å². The van der Waals surface area contributed by atoms with Crippen LogP contribution in [0, 0.1) is 0 Å². The number of hydrogen-bond donors (Lipinski definition) is 3. The van der Waals surface area contributed by atoms with Crippen molar-refractivity contribution in [2.75, 3.05) is 0 Å². The van der Waals surface area contributed by atoms with Crippen molar-refractivity contribution in [3.05, 3.63) is 90.3 Å².